The maximum Gasteiger partial charge on any atom is 0.227 e. The second-order valence-corrected chi connectivity index (χ2v) is 13.5. The van der Waals surface area contributed by atoms with E-state index in [1.807, 2.05) is 12.1 Å². The molecule has 3 nitrogen and oxygen atoms in total. The second-order valence-electron chi connectivity index (χ2n) is 13.5. The Labute approximate surface area is 286 Å². The summed E-state index contributed by atoms with van der Waals surface area (Å²) in [6, 6.07) is 41.5. The predicted octanol–water partition coefficient (Wildman–Crippen LogP) is 11.8. The molecule has 3 atom stereocenters. The minimum Gasteiger partial charge on any atom is -0.433 e. The second kappa shape index (κ2) is 11.5. The van der Waals surface area contributed by atoms with Crippen LogP contribution >= 0.6 is 0 Å². The maximum atomic E-state index is 14.3. The molecule has 0 N–H and O–H groups in total. The summed E-state index contributed by atoms with van der Waals surface area (Å²) in [5.41, 5.74) is 12.6. The van der Waals surface area contributed by atoms with Crippen molar-refractivity contribution < 1.29 is 8.81 Å². The number of anilines is 2. The molecule has 2 aliphatic carbocycles. The Bertz CT molecular complexity index is 2360. The first kappa shape index (κ1) is 29.4. The van der Waals surface area contributed by atoms with Crippen molar-refractivity contribution in [2.75, 3.05) is 4.90 Å². The molecule has 0 bridgehead atoms. The van der Waals surface area contributed by atoms with Crippen LogP contribution in [0, 0.1) is 11.7 Å². The lowest BCUT2D eigenvalue weighted by Crippen LogP contribution is -2.42. The molecule has 49 heavy (non-hydrogen) atoms. The molecule has 0 amide bonds. The summed E-state index contributed by atoms with van der Waals surface area (Å²) in [5, 5.41) is 0. The molecule has 2 heterocycles. The Balaban J connectivity index is 1.12. The zero-order chi connectivity index (χ0) is 33.1. The number of allylic oxidation sites excluding steroid dienone is 6. The molecule has 6 aromatic rings. The van der Waals surface area contributed by atoms with Gasteiger partial charge in [0.25, 0.3) is 0 Å². The summed E-state index contributed by atoms with van der Waals surface area (Å²) in [7, 11) is 0. The Morgan fingerprint density at radius 3 is 2.33 bits per heavy atom. The van der Waals surface area contributed by atoms with E-state index in [4.69, 9.17) is 4.42 Å². The Kier molecular flexibility index (Phi) is 6.87. The van der Waals surface area contributed by atoms with Crippen LogP contribution in [0.1, 0.15) is 48.4 Å². The van der Waals surface area contributed by atoms with Crippen molar-refractivity contribution in [1.29, 1.82) is 0 Å². The Hall–Kier alpha value is -5.74. The third-order valence-corrected chi connectivity index (χ3v) is 10.5. The van der Waals surface area contributed by atoms with E-state index in [0.717, 1.165) is 17.5 Å². The highest BCUT2D eigenvalue weighted by Gasteiger charge is 2.47. The van der Waals surface area contributed by atoms with Crippen molar-refractivity contribution in [3.63, 3.8) is 0 Å². The minimum atomic E-state index is -0.402. The number of oxazole rings is 1. The van der Waals surface area contributed by atoms with Gasteiger partial charge in [0.2, 0.25) is 5.89 Å². The standard InChI is InChI=1S/C45H35FN2O/c1-29-12-10-18-35(30-22-24-31(25-23-30)44-47-40-20-11-19-39(46)43(40)49-44)42(29)36-16-7-6-15-34(36)32-26-27-45(2)38(28-32)37-17-8-9-21-41(37)48(45)33-13-4-3-5-14-33/h3-11,13-29,38H,12H2,1-2H3. The quantitative estimate of drug-likeness (QED) is 0.188. The van der Waals surface area contributed by atoms with Crippen molar-refractivity contribution in [2.45, 2.75) is 31.7 Å². The van der Waals surface area contributed by atoms with E-state index in [1.165, 1.54) is 50.9 Å². The summed E-state index contributed by atoms with van der Waals surface area (Å²) in [5.74, 6) is 0.545. The highest BCUT2D eigenvalue weighted by molar-refractivity contribution is 6.01. The smallest absolute Gasteiger partial charge is 0.227 e. The third kappa shape index (κ3) is 4.74. The number of hydrogen-bond acceptors (Lipinski definition) is 3. The van der Waals surface area contributed by atoms with Crippen molar-refractivity contribution in [3.05, 3.63) is 180 Å². The first-order chi connectivity index (χ1) is 24.0. The van der Waals surface area contributed by atoms with Gasteiger partial charge in [-0.15, -0.1) is 0 Å². The fraction of sp³-hybridized carbons (Fsp3) is 0.133. The normalized spacial score (nSPS) is 21.2. The van der Waals surface area contributed by atoms with Gasteiger partial charge in [0.05, 0.1) is 5.54 Å². The Morgan fingerprint density at radius 1 is 0.776 bits per heavy atom. The summed E-state index contributed by atoms with van der Waals surface area (Å²) in [6.07, 6.45) is 12.8. The number of halogens is 1. The Morgan fingerprint density at radius 2 is 1.51 bits per heavy atom. The van der Waals surface area contributed by atoms with Gasteiger partial charge >= 0.3 is 0 Å². The number of benzene rings is 5. The SMILES string of the molecule is CC1CC=CC(c2ccc(-c3nc4cccc(F)c4o3)cc2)=C1c1ccccc1C1=CC2c3ccccc3N(c3ccccc3)C2(C)C=C1. The molecular weight excluding hydrogens is 604 g/mol. The molecule has 3 aliphatic rings. The maximum absolute atomic E-state index is 14.3. The number of aromatic nitrogens is 1. The van der Waals surface area contributed by atoms with Crippen LogP contribution in [0.4, 0.5) is 15.8 Å². The number of nitrogens with zero attached hydrogens (tertiary/aromatic N) is 2. The molecule has 9 rings (SSSR count). The topological polar surface area (TPSA) is 29.3 Å². The van der Waals surface area contributed by atoms with Crippen molar-refractivity contribution in [1.82, 2.24) is 4.98 Å². The number of para-hydroxylation sites is 3. The molecule has 0 saturated carbocycles. The van der Waals surface area contributed by atoms with Crippen LogP contribution in [0.2, 0.25) is 0 Å². The molecule has 1 aliphatic heterocycles. The number of fused-ring (bicyclic) bond motifs is 4. The van der Waals surface area contributed by atoms with Crippen molar-refractivity contribution >= 4 is 39.2 Å². The van der Waals surface area contributed by atoms with E-state index in [0.29, 0.717) is 17.3 Å². The molecule has 0 spiro atoms. The molecule has 1 aromatic heterocycles. The molecule has 4 heteroatoms. The summed E-state index contributed by atoms with van der Waals surface area (Å²) < 4.78 is 20.1. The van der Waals surface area contributed by atoms with Gasteiger partial charge in [-0.1, -0.05) is 116 Å². The first-order valence-electron chi connectivity index (χ1n) is 17.0. The fourth-order valence-electron chi connectivity index (χ4n) is 8.10. The highest BCUT2D eigenvalue weighted by Crippen LogP contribution is 2.55. The van der Waals surface area contributed by atoms with Gasteiger partial charge in [0.15, 0.2) is 11.4 Å². The minimum absolute atomic E-state index is 0.187. The van der Waals surface area contributed by atoms with E-state index in [-0.39, 0.29) is 17.0 Å². The van der Waals surface area contributed by atoms with E-state index in [2.05, 4.69) is 145 Å². The van der Waals surface area contributed by atoms with E-state index in [1.54, 1.807) is 12.1 Å². The van der Waals surface area contributed by atoms with Crippen molar-refractivity contribution in [3.8, 4) is 11.5 Å². The van der Waals surface area contributed by atoms with Crippen molar-refractivity contribution in [2.24, 2.45) is 5.92 Å². The van der Waals surface area contributed by atoms with Crippen LogP contribution in [0.15, 0.2) is 156 Å². The van der Waals surface area contributed by atoms with Crippen LogP contribution in [0.3, 0.4) is 0 Å². The zero-order valence-electron chi connectivity index (χ0n) is 27.5. The molecule has 0 saturated heterocycles. The van der Waals surface area contributed by atoms with Gasteiger partial charge < -0.3 is 9.32 Å². The van der Waals surface area contributed by atoms with Crippen LogP contribution < -0.4 is 4.90 Å². The van der Waals surface area contributed by atoms with Crippen LogP contribution in [-0.2, 0) is 0 Å². The van der Waals surface area contributed by atoms with Crippen LogP contribution in [0.25, 0.3) is 39.3 Å². The summed E-state index contributed by atoms with van der Waals surface area (Å²) in [4.78, 5) is 7.04. The van der Waals surface area contributed by atoms with Crippen LogP contribution in [-0.4, -0.2) is 10.5 Å². The lowest BCUT2D eigenvalue weighted by Gasteiger charge is -2.40. The van der Waals surface area contributed by atoms with Gasteiger partial charge in [-0.2, -0.15) is 0 Å². The molecule has 3 unspecified atom stereocenters. The average Bonchev–Trinajstić information content (AvgIpc) is 3.69. The molecular formula is C45H35FN2O. The van der Waals surface area contributed by atoms with Gasteiger partial charge in [-0.05, 0) is 101 Å². The lowest BCUT2D eigenvalue weighted by atomic mass is 9.75. The first-order valence-corrected chi connectivity index (χ1v) is 17.0. The lowest BCUT2D eigenvalue weighted by molar-refractivity contribution is 0.544. The van der Waals surface area contributed by atoms with Gasteiger partial charge in [0, 0.05) is 22.9 Å². The summed E-state index contributed by atoms with van der Waals surface area (Å²) >= 11 is 0. The molecule has 5 aromatic carbocycles. The van der Waals surface area contributed by atoms with E-state index < -0.39 is 5.82 Å². The predicted molar refractivity (Wildman–Crippen MR) is 199 cm³/mol. The highest BCUT2D eigenvalue weighted by atomic mass is 19.1. The largest absolute Gasteiger partial charge is 0.433 e. The average molecular weight is 639 g/mol. The number of hydrogen-bond donors (Lipinski definition) is 0. The summed E-state index contributed by atoms with van der Waals surface area (Å²) in [6.45, 7) is 4.68. The zero-order valence-corrected chi connectivity index (χ0v) is 27.5. The van der Waals surface area contributed by atoms with E-state index in [9.17, 15) is 4.39 Å². The van der Waals surface area contributed by atoms with Gasteiger partial charge in [-0.3, -0.25) is 0 Å². The van der Waals surface area contributed by atoms with Crippen LogP contribution in [0.5, 0.6) is 0 Å². The third-order valence-electron chi connectivity index (χ3n) is 10.5. The van der Waals surface area contributed by atoms with E-state index >= 15 is 0 Å². The molecule has 238 valence electrons. The number of rotatable bonds is 5. The van der Waals surface area contributed by atoms with Gasteiger partial charge in [-0.25, -0.2) is 9.37 Å². The van der Waals surface area contributed by atoms with Gasteiger partial charge in [0.1, 0.15) is 5.52 Å². The monoisotopic (exact) mass is 638 g/mol. The molecule has 0 radical (unpaired) electrons. The fourth-order valence-corrected chi connectivity index (χ4v) is 8.10. The molecule has 0 fully saturated rings.